The molecule has 0 aromatic heterocycles. The molecule has 6 nitrogen and oxygen atoms in total. The Balaban J connectivity index is 1.23. The Morgan fingerprint density at radius 2 is 0.907 bits per heavy atom. The third-order valence-electron chi connectivity index (χ3n) is 10.8. The Kier molecular flexibility index (Phi) is 11.3. The lowest BCUT2D eigenvalue weighted by atomic mass is 9.63. The fourth-order valence-corrected chi connectivity index (χ4v) is 7.88. The fraction of sp³-hybridized carbons (Fsp3) is 0.250. The van der Waals surface area contributed by atoms with Crippen molar-refractivity contribution in [2.24, 2.45) is 0 Å². The zero-order chi connectivity index (χ0) is 37.6. The van der Waals surface area contributed by atoms with E-state index in [1.165, 1.54) is 0 Å². The van der Waals surface area contributed by atoms with Gasteiger partial charge >= 0.3 is 0 Å². The van der Waals surface area contributed by atoms with Crippen LogP contribution in [0.4, 0.5) is 22.7 Å². The van der Waals surface area contributed by atoms with Crippen LogP contribution in [-0.2, 0) is 0 Å². The molecule has 0 radical (unpaired) electrons. The molecule has 1 saturated carbocycles. The quantitative estimate of drug-likeness (QED) is 0.117. The molecule has 0 bridgehead atoms. The number of rotatable bonds is 14. The number of para-hydroxylation sites is 2. The highest BCUT2D eigenvalue weighted by atomic mass is 16.3. The van der Waals surface area contributed by atoms with Crippen LogP contribution in [-0.4, -0.2) is 35.5 Å². The summed E-state index contributed by atoms with van der Waals surface area (Å²) in [6.07, 6.45) is 1.60. The van der Waals surface area contributed by atoms with Crippen LogP contribution < -0.4 is 20.0 Å². The van der Waals surface area contributed by atoms with Crippen molar-refractivity contribution >= 4 is 22.7 Å². The van der Waals surface area contributed by atoms with Crippen molar-refractivity contribution in [3.8, 4) is 33.8 Å². The first-order chi connectivity index (χ1) is 26.4. The number of hydrogen-bond acceptors (Lipinski definition) is 6. The molecule has 6 heteroatoms. The lowest BCUT2D eigenvalue weighted by Gasteiger charge is -2.61. The van der Waals surface area contributed by atoms with Gasteiger partial charge < -0.3 is 30.2 Å². The van der Waals surface area contributed by atoms with Gasteiger partial charge in [0.1, 0.15) is 11.5 Å². The van der Waals surface area contributed by atoms with Crippen LogP contribution in [0.25, 0.3) is 22.3 Å². The molecule has 1 aliphatic rings. The van der Waals surface area contributed by atoms with E-state index in [2.05, 4.69) is 72.2 Å². The monoisotopic (exact) mass is 716 g/mol. The number of anilines is 4. The van der Waals surface area contributed by atoms with Crippen molar-refractivity contribution in [1.29, 1.82) is 0 Å². The van der Waals surface area contributed by atoms with E-state index in [9.17, 15) is 20.4 Å². The summed E-state index contributed by atoms with van der Waals surface area (Å²) in [7, 11) is 0. The molecule has 0 spiro atoms. The standard InChI is InChI=1S/C48H48N2O4/c1-3-5-29-49(30-6-4-2)35-25-27-39(43(51)31-35)45-47(53)46(48(45)54)40-28-26-36(32-44(40)52)50(41-23-15-13-21-37(41)33-17-9-7-10-18-33)42-24-16-14-22-38(42)34-19-11-8-12-20-34/h7-28,31-32,45-48,51-52H,3-6,29-30H2,1-2H3/q-2. The van der Waals surface area contributed by atoms with Gasteiger partial charge in [-0.3, -0.25) is 0 Å². The smallest absolute Gasteiger partial charge is 0.121 e. The van der Waals surface area contributed by atoms with E-state index in [4.69, 9.17) is 0 Å². The van der Waals surface area contributed by atoms with Crippen LogP contribution in [0.1, 0.15) is 62.5 Å². The van der Waals surface area contributed by atoms with Gasteiger partial charge in [0.2, 0.25) is 0 Å². The van der Waals surface area contributed by atoms with Gasteiger partial charge in [0.25, 0.3) is 0 Å². The molecule has 7 rings (SSSR count). The Bertz CT molecular complexity index is 2050. The third-order valence-corrected chi connectivity index (χ3v) is 10.8. The van der Waals surface area contributed by atoms with Crippen LogP contribution in [0.5, 0.6) is 11.5 Å². The van der Waals surface area contributed by atoms with Crippen molar-refractivity contribution < 1.29 is 20.4 Å². The van der Waals surface area contributed by atoms with Crippen molar-refractivity contribution in [2.45, 2.75) is 63.6 Å². The SMILES string of the molecule is CCCCN(CCCC)c1ccc(C2C([O-])C(c3ccc(N(c4ccccc4-c4ccccc4)c4ccccc4-c4ccccc4)cc3O)C2[O-])c(O)c1. The highest BCUT2D eigenvalue weighted by molar-refractivity contribution is 5.93. The predicted octanol–water partition coefficient (Wildman–Crippen LogP) is 9.65. The minimum atomic E-state index is -1.31. The van der Waals surface area contributed by atoms with Gasteiger partial charge in [-0.15, -0.1) is 12.2 Å². The van der Waals surface area contributed by atoms with Gasteiger partial charge in [-0.2, -0.15) is 0 Å². The summed E-state index contributed by atoms with van der Waals surface area (Å²) in [4.78, 5) is 4.40. The van der Waals surface area contributed by atoms with Crippen LogP contribution in [0, 0.1) is 0 Å². The molecule has 0 heterocycles. The van der Waals surface area contributed by atoms with Gasteiger partial charge in [-0.25, -0.2) is 0 Å². The van der Waals surface area contributed by atoms with Gasteiger partial charge in [0.15, 0.2) is 0 Å². The zero-order valence-electron chi connectivity index (χ0n) is 31.0. The molecule has 2 unspecified atom stereocenters. The van der Waals surface area contributed by atoms with Crippen LogP contribution >= 0.6 is 0 Å². The maximum atomic E-state index is 13.9. The number of unbranched alkanes of at least 4 members (excludes halogenated alkanes) is 2. The molecule has 6 aromatic carbocycles. The Morgan fingerprint density at radius 1 is 0.500 bits per heavy atom. The highest BCUT2D eigenvalue weighted by Gasteiger charge is 2.41. The van der Waals surface area contributed by atoms with Crippen LogP contribution in [0.15, 0.2) is 146 Å². The summed E-state index contributed by atoms with van der Waals surface area (Å²) in [5, 5.41) is 50.6. The molecule has 2 N–H and O–H groups in total. The molecule has 54 heavy (non-hydrogen) atoms. The normalized spacial score (nSPS) is 17.9. The minimum absolute atomic E-state index is 0.0139. The number of phenols is 2. The summed E-state index contributed by atoms with van der Waals surface area (Å²) in [6, 6.07) is 47.4. The Morgan fingerprint density at radius 3 is 1.35 bits per heavy atom. The number of benzene rings is 6. The summed E-state index contributed by atoms with van der Waals surface area (Å²) in [5.41, 5.74) is 8.25. The van der Waals surface area contributed by atoms with Crippen molar-refractivity contribution in [3.63, 3.8) is 0 Å². The van der Waals surface area contributed by atoms with Crippen molar-refractivity contribution in [1.82, 2.24) is 0 Å². The number of phenolic OH excluding ortho intramolecular Hbond substituents is 2. The van der Waals surface area contributed by atoms with Crippen LogP contribution in [0.3, 0.4) is 0 Å². The second-order valence-electron chi connectivity index (χ2n) is 14.3. The number of hydrogen-bond donors (Lipinski definition) is 2. The predicted molar refractivity (Wildman–Crippen MR) is 217 cm³/mol. The molecule has 1 fully saturated rings. The highest BCUT2D eigenvalue weighted by Crippen LogP contribution is 2.52. The first kappa shape index (κ1) is 36.8. The van der Waals surface area contributed by atoms with Gasteiger partial charge in [0, 0.05) is 47.7 Å². The minimum Gasteiger partial charge on any atom is -0.851 e. The topological polar surface area (TPSA) is 93.1 Å². The van der Waals surface area contributed by atoms with Crippen molar-refractivity contribution in [2.75, 3.05) is 22.9 Å². The molecule has 1 aliphatic carbocycles. The largest absolute Gasteiger partial charge is 0.851 e. The summed E-state index contributed by atoms with van der Waals surface area (Å²) < 4.78 is 0. The van der Waals surface area contributed by atoms with E-state index in [0.29, 0.717) is 16.8 Å². The van der Waals surface area contributed by atoms with Crippen molar-refractivity contribution in [3.05, 3.63) is 157 Å². The molecule has 0 aliphatic heterocycles. The molecule has 276 valence electrons. The Labute approximate surface area is 319 Å². The first-order valence-electron chi connectivity index (χ1n) is 19.2. The van der Waals surface area contributed by atoms with E-state index in [1.54, 1.807) is 24.3 Å². The first-order valence-corrected chi connectivity index (χ1v) is 19.2. The number of nitrogens with zero attached hydrogens (tertiary/aromatic N) is 2. The lowest BCUT2D eigenvalue weighted by Crippen LogP contribution is -2.63. The maximum Gasteiger partial charge on any atom is 0.121 e. The van der Waals surface area contributed by atoms with Gasteiger partial charge in [-0.1, -0.05) is 136 Å². The molecule has 6 aromatic rings. The second-order valence-corrected chi connectivity index (χ2v) is 14.3. The van der Waals surface area contributed by atoms with E-state index < -0.39 is 24.0 Å². The average molecular weight is 717 g/mol. The van der Waals surface area contributed by atoms with E-state index in [-0.39, 0.29) is 11.5 Å². The van der Waals surface area contributed by atoms with Gasteiger partial charge in [-0.05, 0) is 71.2 Å². The van der Waals surface area contributed by atoms with E-state index in [1.807, 2.05) is 72.8 Å². The summed E-state index contributed by atoms with van der Waals surface area (Å²) >= 11 is 0. The molecule has 2 atom stereocenters. The second kappa shape index (κ2) is 16.6. The molecule has 0 amide bonds. The number of aromatic hydroxyl groups is 2. The van der Waals surface area contributed by atoms with E-state index >= 15 is 0 Å². The molecule has 0 saturated heterocycles. The van der Waals surface area contributed by atoms with Gasteiger partial charge in [0.05, 0.1) is 11.4 Å². The summed E-state index contributed by atoms with van der Waals surface area (Å²) in [5.74, 6) is -1.97. The lowest BCUT2D eigenvalue weighted by molar-refractivity contribution is -0.536. The maximum absolute atomic E-state index is 13.9. The molecular formula is C48H48N2O4-2. The Hall–Kier alpha value is -5.56. The van der Waals surface area contributed by atoms with Crippen LogP contribution in [0.2, 0.25) is 0 Å². The third kappa shape index (κ3) is 7.32. The van der Waals surface area contributed by atoms with E-state index in [0.717, 1.165) is 78.1 Å². The molecular weight excluding hydrogens is 669 g/mol. The fourth-order valence-electron chi connectivity index (χ4n) is 7.88. The average Bonchev–Trinajstić information content (AvgIpc) is 3.21. The summed E-state index contributed by atoms with van der Waals surface area (Å²) in [6.45, 7) is 6.09. The zero-order valence-corrected chi connectivity index (χ0v) is 31.0.